The fourth-order valence-corrected chi connectivity index (χ4v) is 2.60. The molecule has 0 bridgehead atoms. The van der Waals surface area contributed by atoms with Gasteiger partial charge in [-0.3, -0.25) is 0 Å². The largest absolute Gasteiger partial charge is 0.316 e. The molecule has 1 N–H and O–H groups in total. The molecule has 2 unspecified atom stereocenters. The average Bonchev–Trinajstić information content (AvgIpc) is 1.90. The molecule has 0 aromatic heterocycles. The van der Waals surface area contributed by atoms with Crippen molar-refractivity contribution in [2.45, 2.75) is 32.6 Å². The van der Waals surface area contributed by atoms with Gasteiger partial charge in [0.1, 0.15) is 0 Å². The third-order valence-electron chi connectivity index (χ3n) is 3.61. The Kier molecular flexibility index (Phi) is 2.17. The van der Waals surface area contributed by atoms with Crippen LogP contribution in [-0.2, 0) is 0 Å². The van der Waals surface area contributed by atoms with Gasteiger partial charge in [-0.25, -0.2) is 0 Å². The molecule has 0 radical (unpaired) electrons. The maximum absolute atomic E-state index is 3.47. The van der Waals surface area contributed by atoms with Gasteiger partial charge in [0.25, 0.3) is 0 Å². The molecule has 0 spiro atoms. The van der Waals surface area contributed by atoms with E-state index in [-0.39, 0.29) is 0 Å². The first-order valence-corrected chi connectivity index (χ1v) is 5.08. The summed E-state index contributed by atoms with van der Waals surface area (Å²) in [4.78, 5) is 0. The molecule has 2 fully saturated rings. The van der Waals surface area contributed by atoms with E-state index in [4.69, 9.17) is 0 Å². The molecule has 1 saturated heterocycles. The molecular weight excluding hydrogens is 134 g/mol. The van der Waals surface area contributed by atoms with Gasteiger partial charge < -0.3 is 5.32 Å². The van der Waals surface area contributed by atoms with Gasteiger partial charge in [0, 0.05) is 0 Å². The van der Waals surface area contributed by atoms with E-state index in [0.29, 0.717) is 0 Å². The third kappa shape index (κ3) is 1.44. The zero-order valence-corrected chi connectivity index (χ0v) is 7.47. The van der Waals surface area contributed by atoms with Crippen molar-refractivity contribution in [2.75, 3.05) is 13.1 Å². The molecule has 2 atom stereocenters. The molecule has 0 aromatic rings. The number of piperidine rings is 1. The van der Waals surface area contributed by atoms with Crippen LogP contribution in [0.4, 0.5) is 0 Å². The second-order valence-electron chi connectivity index (χ2n) is 4.32. The molecule has 0 amide bonds. The summed E-state index contributed by atoms with van der Waals surface area (Å²) in [5.41, 5.74) is 0. The molecule has 2 rings (SSSR count). The standard InChI is InChI=1S/C10H19N/c1-8-7-11-6-5-10(8)9-3-2-4-9/h8-11H,2-7H2,1H3. The van der Waals surface area contributed by atoms with Crippen LogP contribution in [0, 0.1) is 17.8 Å². The second-order valence-corrected chi connectivity index (χ2v) is 4.32. The van der Waals surface area contributed by atoms with Crippen LogP contribution < -0.4 is 5.32 Å². The molecule has 1 saturated carbocycles. The van der Waals surface area contributed by atoms with Crippen molar-refractivity contribution in [3.05, 3.63) is 0 Å². The number of hydrogen-bond acceptors (Lipinski definition) is 1. The van der Waals surface area contributed by atoms with Crippen molar-refractivity contribution < 1.29 is 0 Å². The van der Waals surface area contributed by atoms with E-state index >= 15 is 0 Å². The van der Waals surface area contributed by atoms with Crippen molar-refractivity contribution >= 4 is 0 Å². The Morgan fingerprint density at radius 2 is 2.00 bits per heavy atom. The Morgan fingerprint density at radius 1 is 1.18 bits per heavy atom. The van der Waals surface area contributed by atoms with Crippen LogP contribution in [0.25, 0.3) is 0 Å². The van der Waals surface area contributed by atoms with E-state index in [0.717, 1.165) is 17.8 Å². The lowest BCUT2D eigenvalue weighted by Crippen LogP contribution is -2.40. The summed E-state index contributed by atoms with van der Waals surface area (Å²) < 4.78 is 0. The molecule has 1 aliphatic heterocycles. The molecule has 2 aliphatic rings. The Hall–Kier alpha value is -0.0400. The highest BCUT2D eigenvalue weighted by molar-refractivity contribution is 4.84. The summed E-state index contributed by atoms with van der Waals surface area (Å²) in [5.74, 6) is 3.10. The predicted octanol–water partition coefficient (Wildman–Crippen LogP) is 2.03. The van der Waals surface area contributed by atoms with Gasteiger partial charge in [-0.2, -0.15) is 0 Å². The van der Waals surface area contributed by atoms with Crippen molar-refractivity contribution in [3.63, 3.8) is 0 Å². The Labute approximate surface area is 69.6 Å². The SMILES string of the molecule is CC1CNCCC1C1CCC1. The van der Waals surface area contributed by atoms with Crippen molar-refractivity contribution in [1.82, 2.24) is 5.32 Å². The predicted molar refractivity (Wildman–Crippen MR) is 47.5 cm³/mol. The molecule has 11 heavy (non-hydrogen) atoms. The minimum absolute atomic E-state index is 0.939. The Balaban J connectivity index is 1.88. The highest BCUT2D eigenvalue weighted by Crippen LogP contribution is 2.39. The van der Waals surface area contributed by atoms with Crippen LogP contribution in [0.15, 0.2) is 0 Å². The molecule has 64 valence electrons. The van der Waals surface area contributed by atoms with E-state index in [9.17, 15) is 0 Å². The molecular formula is C10H19N. The van der Waals surface area contributed by atoms with Gasteiger partial charge in [0.2, 0.25) is 0 Å². The number of nitrogens with one attached hydrogen (secondary N) is 1. The molecule has 1 aliphatic carbocycles. The Bertz CT molecular complexity index is 127. The zero-order chi connectivity index (χ0) is 7.68. The van der Waals surface area contributed by atoms with Gasteiger partial charge in [0.05, 0.1) is 0 Å². The first-order chi connectivity index (χ1) is 5.38. The van der Waals surface area contributed by atoms with E-state index in [2.05, 4.69) is 12.2 Å². The van der Waals surface area contributed by atoms with E-state index in [1.54, 1.807) is 0 Å². The quantitative estimate of drug-likeness (QED) is 0.608. The zero-order valence-electron chi connectivity index (χ0n) is 7.47. The maximum atomic E-state index is 3.47. The van der Waals surface area contributed by atoms with E-state index < -0.39 is 0 Å². The highest BCUT2D eigenvalue weighted by atomic mass is 14.9. The fourth-order valence-electron chi connectivity index (χ4n) is 2.60. The minimum atomic E-state index is 0.939. The molecule has 1 heteroatoms. The fraction of sp³-hybridized carbons (Fsp3) is 1.00. The van der Waals surface area contributed by atoms with Crippen LogP contribution >= 0.6 is 0 Å². The van der Waals surface area contributed by atoms with Crippen molar-refractivity contribution in [1.29, 1.82) is 0 Å². The first-order valence-electron chi connectivity index (χ1n) is 5.08. The lowest BCUT2D eigenvalue weighted by molar-refractivity contribution is 0.121. The van der Waals surface area contributed by atoms with E-state index in [1.807, 2.05) is 0 Å². The van der Waals surface area contributed by atoms with Crippen LogP contribution in [0.2, 0.25) is 0 Å². The summed E-state index contributed by atoms with van der Waals surface area (Å²) >= 11 is 0. The summed E-state index contributed by atoms with van der Waals surface area (Å²) in [5, 5.41) is 3.47. The molecule has 1 heterocycles. The lowest BCUT2D eigenvalue weighted by Gasteiger charge is -2.40. The highest BCUT2D eigenvalue weighted by Gasteiger charge is 2.32. The van der Waals surface area contributed by atoms with Gasteiger partial charge in [-0.15, -0.1) is 0 Å². The monoisotopic (exact) mass is 153 g/mol. The molecule has 1 nitrogen and oxygen atoms in total. The summed E-state index contributed by atoms with van der Waals surface area (Å²) in [6.45, 7) is 4.95. The van der Waals surface area contributed by atoms with Gasteiger partial charge in [0.15, 0.2) is 0 Å². The third-order valence-corrected chi connectivity index (χ3v) is 3.61. The van der Waals surface area contributed by atoms with Gasteiger partial charge >= 0.3 is 0 Å². The topological polar surface area (TPSA) is 12.0 Å². The van der Waals surface area contributed by atoms with Crippen LogP contribution in [-0.4, -0.2) is 13.1 Å². The first kappa shape index (κ1) is 7.60. The number of hydrogen-bond donors (Lipinski definition) is 1. The number of rotatable bonds is 1. The smallest absolute Gasteiger partial charge is 0.00204 e. The van der Waals surface area contributed by atoms with Crippen LogP contribution in [0.3, 0.4) is 0 Å². The summed E-state index contributed by atoms with van der Waals surface area (Å²) in [6, 6.07) is 0. The average molecular weight is 153 g/mol. The second kappa shape index (κ2) is 3.14. The Morgan fingerprint density at radius 3 is 2.55 bits per heavy atom. The van der Waals surface area contributed by atoms with Gasteiger partial charge in [-0.05, 0) is 37.3 Å². The van der Waals surface area contributed by atoms with E-state index in [1.165, 1.54) is 38.8 Å². The summed E-state index contributed by atoms with van der Waals surface area (Å²) in [7, 11) is 0. The lowest BCUT2D eigenvalue weighted by atomic mass is 9.68. The maximum Gasteiger partial charge on any atom is -0.00204 e. The summed E-state index contributed by atoms with van der Waals surface area (Å²) in [6.07, 6.45) is 5.98. The minimum Gasteiger partial charge on any atom is -0.316 e. The molecule has 0 aromatic carbocycles. The van der Waals surface area contributed by atoms with Crippen LogP contribution in [0.5, 0.6) is 0 Å². The van der Waals surface area contributed by atoms with Gasteiger partial charge in [-0.1, -0.05) is 26.2 Å². The van der Waals surface area contributed by atoms with Crippen molar-refractivity contribution in [3.8, 4) is 0 Å². The normalized spacial score (nSPS) is 40.1. The van der Waals surface area contributed by atoms with Crippen molar-refractivity contribution in [2.24, 2.45) is 17.8 Å². The van der Waals surface area contributed by atoms with Crippen LogP contribution in [0.1, 0.15) is 32.6 Å².